The molecule has 1 fully saturated rings. The molecule has 0 aromatic heterocycles. The van der Waals surface area contributed by atoms with Crippen LogP contribution in [0, 0.1) is 5.82 Å². The number of halogens is 1. The predicted octanol–water partition coefficient (Wildman–Crippen LogP) is 2.36. The molecule has 2 N–H and O–H groups in total. The summed E-state index contributed by atoms with van der Waals surface area (Å²) in [7, 11) is 0. The fourth-order valence-corrected chi connectivity index (χ4v) is 3.31. The second-order valence-electron chi connectivity index (χ2n) is 6.94. The predicted molar refractivity (Wildman–Crippen MR) is 98.0 cm³/mol. The Kier molecular flexibility index (Phi) is 6.32. The highest BCUT2D eigenvalue weighted by molar-refractivity contribution is 5.79. The van der Waals surface area contributed by atoms with Crippen LogP contribution in [0.4, 0.5) is 4.39 Å². The number of rotatable bonds is 6. The van der Waals surface area contributed by atoms with Crippen LogP contribution in [0.5, 0.6) is 5.75 Å². The molecule has 1 atom stereocenters. The molecular weight excluding hydrogens is 337 g/mol. The number of nitrogens with one attached hydrogen (secondary N) is 2. The molecule has 0 spiro atoms. The Morgan fingerprint density at radius 2 is 2.23 bits per heavy atom. The molecule has 1 saturated heterocycles. The van der Waals surface area contributed by atoms with Crippen LogP contribution in [-0.4, -0.2) is 44.6 Å². The topological polar surface area (TPSA) is 64.1 Å². The summed E-state index contributed by atoms with van der Waals surface area (Å²) in [5.74, 6) is 1.23. The van der Waals surface area contributed by atoms with Crippen molar-refractivity contribution in [3.05, 3.63) is 29.1 Å². The van der Waals surface area contributed by atoms with Crippen LogP contribution in [0.2, 0.25) is 0 Å². The van der Waals surface area contributed by atoms with Crippen molar-refractivity contribution in [1.82, 2.24) is 10.6 Å². The van der Waals surface area contributed by atoms with Gasteiger partial charge in [0.1, 0.15) is 11.6 Å². The van der Waals surface area contributed by atoms with Crippen molar-refractivity contribution in [2.24, 2.45) is 4.99 Å². The summed E-state index contributed by atoms with van der Waals surface area (Å²) >= 11 is 0. The Hall–Kier alpha value is -1.86. The maximum Gasteiger partial charge on any atom is 0.191 e. The van der Waals surface area contributed by atoms with Gasteiger partial charge in [-0.2, -0.15) is 0 Å². The summed E-state index contributed by atoms with van der Waals surface area (Å²) in [6, 6.07) is 3.00. The van der Waals surface area contributed by atoms with Crippen LogP contribution in [0.1, 0.15) is 37.8 Å². The lowest BCUT2D eigenvalue weighted by Gasteiger charge is -2.22. The van der Waals surface area contributed by atoms with Crippen LogP contribution in [-0.2, 0) is 22.5 Å². The SMILES string of the molecule is CCNC(=NCC1(C)CCCO1)NCCc1cc(F)cc2c1OCOC2. The van der Waals surface area contributed by atoms with E-state index in [-0.39, 0.29) is 18.2 Å². The van der Waals surface area contributed by atoms with Gasteiger partial charge in [0.2, 0.25) is 0 Å². The number of benzene rings is 1. The van der Waals surface area contributed by atoms with E-state index < -0.39 is 0 Å². The Labute approximate surface area is 154 Å². The largest absolute Gasteiger partial charge is 0.467 e. The zero-order chi connectivity index (χ0) is 18.4. The maximum atomic E-state index is 13.8. The fraction of sp³-hybridized carbons (Fsp3) is 0.632. The Morgan fingerprint density at radius 1 is 1.35 bits per heavy atom. The van der Waals surface area contributed by atoms with Crippen molar-refractivity contribution in [2.45, 2.75) is 45.3 Å². The highest BCUT2D eigenvalue weighted by Gasteiger charge is 2.29. The van der Waals surface area contributed by atoms with Gasteiger partial charge in [0.05, 0.1) is 18.8 Å². The quantitative estimate of drug-likeness (QED) is 0.599. The summed E-state index contributed by atoms with van der Waals surface area (Å²) in [4.78, 5) is 4.65. The number of hydrogen-bond acceptors (Lipinski definition) is 4. The zero-order valence-electron chi connectivity index (χ0n) is 15.6. The Balaban J connectivity index is 1.59. The third kappa shape index (κ3) is 4.86. The number of guanidine groups is 1. The van der Waals surface area contributed by atoms with E-state index in [1.807, 2.05) is 6.92 Å². The Morgan fingerprint density at radius 3 is 3.00 bits per heavy atom. The van der Waals surface area contributed by atoms with Crippen LogP contribution in [0.15, 0.2) is 17.1 Å². The number of aliphatic imine (C=N–C) groups is 1. The first-order valence-corrected chi connectivity index (χ1v) is 9.27. The summed E-state index contributed by atoms with van der Waals surface area (Å²) in [5, 5.41) is 6.55. The van der Waals surface area contributed by atoms with Crippen LogP contribution >= 0.6 is 0 Å². The lowest BCUT2D eigenvalue weighted by atomic mass is 10.0. The molecule has 26 heavy (non-hydrogen) atoms. The molecule has 2 heterocycles. The van der Waals surface area contributed by atoms with Gasteiger partial charge < -0.3 is 24.8 Å². The molecule has 1 aromatic carbocycles. The first-order valence-electron chi connectivity index (χ1n) is 9.27. The van der Waals surface area contributed by atoms with Gasteiger partial charge in [0.15, 0.2) is 12.8 Å². The fourth-order valence-electron chi connectivity index (χ4n) is 3.31. The van der Waals surface area contributed by atoms with Crippen LogP contribution in [0.25, 0.3) is 0 Å². The smallest absolute Gasteiger partial charge is 0.191 e. The van der Waals surface area contributed by atoms with Gasteiger partial charge in [-0.15, -0.1) is 0 Å². The molecular formula is C19H28FN3O3. The third-order valence-electron chi connectivity index (χ3n) is 4.65. The molecule has 144 valence electrons. The van der Waals surface area contributed by atoms with Crippen molar-refractivity contribution in [1.29, 1.82) is 0 Å². The standard InChI is InChI=1S/C19H28FN3O3/c1-3-21-18(23-12-19(2)6-4-8-26-19)22-7-5-14-9-16(20)10-15-11-24-13-25-17(14)15/h9-10H,3-8,11-13H2,1-2H3,(H2,21,22,23). The lowest BCUT2D eigenvalue weighted by Crippen LogP contribution is -2.40. The lowest BCUT2D eigenvalue weighted by molar-refractivity contribution is -0.0172. The molecule has 1 aromatic rings. The summed E-state index contributed by atoms with van der Waals surface area (Å²) in [6.45, 7) is 7.57. The number of fused-ring (bicyclic) bond motifs is 1. The minimum atomic E-state index is -0.264. The van der Waals surface area contributed by atoms with E-state index in [0.29, 0.717) is 26.1 Å². The molecule has 1 unspecified atom stereocenters. The molecule has 0 aliphatic carbocycles. The van der Waals surface area contributed by atoms with Gasteiger partial charge in [-0.25, -0.2) is 4.39 Å². The van der Waals surface area contributed by atoms with Crippen molar-refractivity contribution in [3.63, 3.8) is 0 Å². The van der Waals surface area contributed by atoms with E-state index in [1.54, 1.807) is 0 Å². The number of nitrogens with zero attached hydrogens (tertiary/aromatic N) is 1. The van der Waals surface area contributed by atoms with E-state index in [1.165, 1.54) is 12.1 Å². The number of ether oxygens (including phenoxy) is 3. The van der Waals surface area contributed by atoms with Gasteiger partial charge in [-0.05, 0) is 50.8 Å². The summed E-state index contributed by atoms with van der Waals surface area (Å²) < 4.78 is 30.4. The van der Waals surface area contributed by atoms with Crippen molar-refractivity contribution in [3.8, 4) is 5.75 Å². The van der Waals surface area contributed by atoms with Gasteiger partial charge in [-0.3, -0.25) is 4.99 Å². The number of hydrogen-bond donors (Lipinski definition) is 2. The van der Waals surface area contributed by atoms with Crippen molar-refractivity contribution < 1.29 is 18.6 Å². The average Bonchev–Trinajstić information content (AvgIpc) is 3.06. The minimum Gasteiger partial charge on any atom is -0.467 e. The monoisotopic (exact) mass is 365 g/mol. The van der Waals surface area contributed by atoms with Gasteiger partial charge in [0.25, 0.3) is 0 Å². The molecule has 3 rings (SSSR count). The Bertz CT molecular complexity index is 645. The molecule has 0 amide bonds. The van der Waals surface area contributed by atoms with Gasteiger partial charge in [0, 0.05) is 25.3 Å². The van der Waals surface area contributed by atoms with E-state index in [2.05, 4.69) is 22.5 Å². The maximum absolute atomic E-state index is 13.8. The van der Waals surface area contributed by atoms with Crippen LogP contribution < -0.4 is 15.4 Å². The van der Waals surface area contributed by atoms with E-state index in [9.17, 15) is 4.39 Å². The molecule has 7 heteroatoms. The first-order chi connectivity index (χ1) is 12.6. The third-order valence-corrected chi connectivity index (χ3v) is 4.65. The van der Waals surface area contributed by atoms with Crippen molar-refractivity contribution >= 4 is 5.96 Å². The normalized spacial score (nSPS) is 22.7. The van der Waals surface area contributed by atoms with Crippen molar-refractivity contribution in [2.75, 3.05) is 33.0 Å². The first kappa shape index (κ1) is 18.9. The zero-order valence-corrected chi connectivity index (χ0v) is 15.6. The molecule has 0 radical (unpaired) electrons. The summed E-state index contributed by atoms with van der Waals surface area (Å²) in [6.07, 6.45) is 2.76. The highest BCUT2D eigenvalue weighted by atomic mass is 19.1. The van der Waals surface area contributed by atoms with E-state index in [0.717, 1.165) is 48.8 Å². The van der Waals surface area contributed by atoms with E-state index in [4.69, 9.17) is 14.2 Å². The molecule has 0 saturated carbocycles. The molecule has 2 aliphatic heterocycles. The average molecular weight is 365 g/mol. The summed E-state index contributed by atoms with van der Waals surface area (Å²) in [5.41, 5.74) is 1.44. The molecule has 0 bridgehead atoms. The molecule has 6 nitrogen and oxygen atoms in total. The second-order valence-corrected chi connectivity index (χ2v) is 6.94. The highest BCUT2D eigenvalue weighted by Crippen LogP contribution is 2.29. The van der Waals surface area contributed by atoms with Crippen LogP contribution in [0.3, 0.4) is 0 Å². The molecule has 2 aliphatic rings. The van der Waals surface area contributed by atoms with Gasteiger partial charge >= 0.3 is 0 Å². The second kappa shape index (κ2) is 8.68. The van der Waals surface area contributed by atoms with Gasteiger partial charge in [-0.1, -0.05) is 0 Å². The van der Waals surface area contributed by atoms with E-state index >= 15 is 0 Å². The minimum absolute atomic E-state index is 0.169.